The lowest BCUT2D eigenvalue weighted by Crippen LogP contribution is -2.47. The van der Waals surface area contributed by atoms with Gasteiger partial charge in [-0.1, -0.05) is 62.4 Å². The lowest BCUT2D eigenvalue weighted by atomic mass is 9.70. The number of carbonyl (C=O) groups excluding carboxylic acids is 1. The minimum atomic E-state index is -0.273. The highest BCUT2D eigenvalue weighted by Crippen LogP contribution is 2.42. The van der Waals surface area contributed by atoms with Crippen molar-refractivity contribution in [2.24, 2.45) is 0 Å². The molecule has 4 nitrogen and oxygen atoms in total. The molecule has 1 amide bonds. The maximum Gasteiger partial charge on any atom is 0.237 e. The van der Waals surface area contributed by atoms with E-state index in [1.807, 2.05) is 13.0 Å². The zero-order valence-electron chi connectivity index (χ0n) is 21.0. The van der Waals surface area contributed by atoms with E-state index >= 15 is 0 Å². The average molecular weight is 469 g/mol. The third kappa shape index (κ3) is 4.99. The van der Waals surface area contributed by atoms with Crippen LogP contribution in [-0.4, -0.2) is 23.6 Å². The number of phenolic OH excluding ortho intramolecular Hbond substituents is 1. The summed E-state index contributed by atoms with van der Waals surface area (Å²) in [5, 5.41) is 16.9. The van der Waals surface area contributed by atoms with Gasteiger partial charge in [0.25, 0.3) is 0 Å². The van der Waals surface area contributed by atoms with E-state index in [1.54, 1.807) is 6.07 Å². The molecule has 5 rings (SSSR count). The molecule has 35 heavy (non-hydrogen) atoms. The summed E-state index contributed by atoms with van der Waals surface area (Å²) in [6.45, 7) is 7.36. The Morgan fingerprint density at radius 2 is 1.89 bits per heavy atom. The summed E-state index contributed by atoms with van der Waals surface area (Å²) in [5.74, 6) is 0.367. The van der Waals surface area contributed by atoms with Gasteiger partial charge in [-0.3, -0.25) is 4.79 Å². The van der Waals surface area contributed by atoms with Gasteiger partial charge in [-0.15, -0.1) is 0 Å². The van der Waals surface area contributed by atoms with E-state index in [2.05, 4.69) is 73.0 Å². The van der Waals surface area contributed by atoms with E-state index in [9.17, 15) is 9.90 Å². The molecule has 2 atom stereocenters. The van der Waals surface area contributed by atoms with Crippen molar-refractivity contribution < 1.29 is 9.90 Å². The van der Waals surface area contributed by atoms with E-state index in [0.29, 0.717) is 12.2 Å². The van der Waals surface area contributed by atoms with Crippen molar-refractivity contribution in [3.63, 3.8) is 0 Å². The zero-order chi connectivity index (χ0) is 24.6. The highest BCUT2D eigenvalue weighted by atomic mass is 16.3. The summed E-state index contributed by atoms with van der Waals surface area (Å²) in [5.41, 5.74) is 8.66. The first kappa shape index (κ1) is 23.6. The van der Waals surface area contributed by atoms with Gasteiger partial charge in [0.1, 0.15) is 5.75 Å². The number of nitrogens with one attached hydrogen (secondary N) is 2. The number of rotatable bonds is 4. The molecule has 182 valence electrons. The molecule has 0 spiro atoms. The SMILES string of the molecule is Cc1cc(O)cc2c1CC(C(=O)NC1CCC(C)(C)c3ccc(Cc4ccccc4)cc31)NCC2. The summed E-state index contributed by atoms with van der Waals surface area (Å²) < 4.78 is 0. The maximum absolute atomic E-state index is 13.5. The Morgan fingerprint density at radius 1 is 1.09 bits per heavy atom. The van der Waals surface area contributed by atoms with Crippen molar-refractivity contribution in [2.75, 3.05) is 6.54 Å². The number of hydrogen-bond acceptors (Lipinski definition) is 3. The van der Waals surface area contributed by atoms with Crippen LogP contribution in [0.15, 0.2) is 60.7 Å². The number of benzene rings is 3. The second kappa shape index (κ2) is 9.50. The van der Waals surface area contributed by atoms with E-state index in [0.717, 1.165) is 43.4 Å². The first-order valence-electron chi connectivity index (χ1n) is 12.8. The van der Waals surface area contributed by atoms with Crippen molar-refractivity contribution >= 4 is 5.91 Å². The molecule has 1 heterocycles. The lowest BCUT2D eigenvalue weighted by molar-refractivity contribution is -0.124. The highest BCUT2D eigenvalue weighted by Gasteiger charge is 2.35. The van der Waals surface area contributed by atoms with Crippen LogP contribution in [0.2, 0.25) is 0 Å². The van der Waals surface area contributed by atoms with Crippen molar-refractivity contribution in [1.82, 2.24) is 10.6 Å². The maximum atomic E-state index is 13.5. The van der Waals surface area contributed by atoms with Crippen LogP contribution in [0.3, 0.4) is 0 Å². The second-order valence-electron chi connectivity index (χ2n) is 10.9. The lowest BCUT2D eigenvalue weighted by Gasteiger charge is -2.38. The Bertz CT molecular complexity index is 1230. The van der Waals surface area contributed by atoms with Crippen LogP contribution in [0, 0.1) is 6.92 Å². The molecule has 0 radical (unpaired) electrons. The van der Waals surface area contributed by atoms with Gasteiger partial charge in [0.2, 0.25) is 5.91 Å². The fraction of sp³-hybridized carbons (Fsp3) is 0.387. The fourth-order valence-corrected chi connectivity index (χ4v) is 5.90. The van der Waals surface area contributed by atoms with Crippen LogP contribution in [-0.2, 0) is 29.5 Å². The van der Waals surface area contributed by atoms with Gasteiger partial charge in [-0.05, 0) is 102 Å². The van der Waals surface area contributed by atoms with Crippen LogP contribution in [0.1, 0.15) is 71.7 Å². The molecular formula is C31H36N2O2. The monoisotopic (exact) mass is 468 g/mol. The quantitative estimate of drug-likeness (QED) is 0.488. The van der Waals surface area contributed by atoms with Crippen molar-refractivity contribution in [1.29, 1.82) is 0 Å². The van der Waals surface area contributed by atoms with Gasteiger partial charge in [0.05, 0.1) is 12.1 Å². The fourth-order valence-electron chi connectivity index (χ4n) is 5.90. The van der Waals surface area contributed by atoms with Crippen LogP contribution in [0.25, 0.3) is 0 Å². The molecule has 0 saturated carbocycles. The number of amides is 1. The number of phenols is 1. The Morgan fingerprint density at radius 3 is 2.69 bits per heavy atom. The van der Waals surface area contributed by atoms with Gasteiger partial charge in [0.15, 0.2) is 0 Å². The van der Waals surface area contributed by atoms with Gasteiger partial charge in [-0.2, -0.15) is 0 Å². The van der Waals surface area contributed by atoms with Crippen molar-refractivity contribution in [3.05, 3.63) is 99.6 Å². The normalized spacial score (nSPS) is 20.9. The van der Waals surface area contributed by atoms with Crippen LogP contribution >= 0.6 is 0 Å². The zero-order valence-corrected chi connectivity index (χ0v) is 21.0. The smallest absolute Gasteiger partial charge is 0.237 e. The molecule has 2 unspecified atom stereocenters. The van der Waals surface area contributed by atoms with E-state index in [4.69, 9.17) is 0 Å². The average Bonchev–Trinajstić information content (AvgIpc) is 3.04. The minimum absolute atomic E-state index is 0.0201. The molecule has 2 aliphatic rings. The van der Waals surface area contributed by atoms with Crippen molar-refractivity contribution in [2.45, 2.75) is 70.4 Å². The molecule has 4 heteroatoms. The third-order valence-corrected chi connectivity index (χ3v) is 7.91. The first-order chi connectivity index (χ1) is 16.8. The second-order valence-corrected chi connectivity index (χ2v) is 10.9. The molecule has 3 aromatic carbocycles. The van der Waals surface area contributed by atoms with Crippen LogP contribution in [0.4, 0.5) is 0 Å². The predicted octanol–water partition coefficient (Wildman–Crippen LogP) is 5.28. The molecule has 1 aliphatic carbocycles. The summed E-state index contributed by atoms with van der Waals surface area (Å²) >= 11 is 0. The molecule has 0 aromatic heterocycles. The van der Waals surface area contributed by atoms with Crippen LogP contribution in [0.5, 0.6) is 5.75 Å². The molecule has 0 bridgehead atoms. The number of carbonyl (C=O) groups is 1. The summed E-state index contributed by atoms with van der Waals surface area (Å²) in [7, 11) is 0. The Hall–Kier alpha value is -3.11. The van der Waals surface area contributed by atoms with Gasteiger partial charge in [-0.25, -0.2) is 0 Å². The largest absolute Gasteiger partial charge is 0.508 e. The molecule has 3 N–H and O–H groups in total. The van der Waals surface area contributed by atoms with Gasteiger partial charge in [0, 0.05) is 0 Å². The first-order valence-corrected chi connectivity index (χ1v) is 12.8. The Balaban J connectivity index is 1.38. The summed E-state index contributed by atoms with van der Waals surface area (Å²) in [6, 6.07) is 20.8. The third-order valence-electron chi connectivity index (χ3n) is 7.91. The number of fused-ring (bicyclic) bond motifs is 2. The molecule has 0 saturated heterocycles. The number of aromatic hydroxyl groups is 1. The van der Waals surface area contributed by atoms with E-state index < -0.39 is 0 Å². The molecule has 1 aliphatic heterocycles. The topological polar surface area (TPSA) is 61.4 Å². The summed E-state index contributed by atoms with van der Waals surface area (Å²) in [4.78, 5) is 13.5. The number of aryl methyl sites for hydroxylation is 1. The molecular weight excluding hydrogens is 432 g/mol. The van der Waals surface area contributed by atoms with E-state index in [1.165, 1.54) is 27.8 Å². The predicted molar refractivity (Wildman–Crippen MR) is 141 cm³/mol. The van der Waals surface area contributed by atoms with Gasteiger partial charge >= 0.3 is 0 Å². The van der Waals surface area contributed by atoms with Crippen LogP contribution < -0.4 is 10.6 Å². The number of hydrogen-bond donors (Lipinski definition) is 3. The Kier molecular flexibility index (Phi) is 6.41. The minimum Gasteiger partial charge on any atom is -0.508 e. The molecule has 3 aromatic rings. The summed E-state index contributed by atoms with van der Waals surface area (Å²) in [6.07, 6.45) is 4.34. The van der Waals surface area contributed by atoms with Crippen molar-refractivity contribution in [3.8, 4) is 5.75 Å². The highest BCUT2D eigenvalue weighted by molar-refractivity contribution is 5.83. The van der Waals surface area contributed by atoms with E-state index in [-0.39, 0.29) is 23.4 Å². The standard InChI is InChI=1S/C31H36N2O2/c1-20-15-24(34)18-23-12-14-32-29(19-25(20)23)30(35)33-28-11-13-31(2,3)27-10-9-22(17-26(27)28)16-21-7-5-4-6-8-21/h4-10,15,17-18,28-29,32,34H,11-14,16,19H2,1-3H3,(H,33,35). The Labute approximate surface area is 208 Å². The molecule has 0 fully saturated rings. The van der Waals surface area contributed by atoms with Gasteiger partial charge < -0.3 is 15.7 Å².